The number of benzene rings is 1. The predicted octanol–water partition coefficient (Wildman–Crippen LogP) is 1.40. The van der Waals surface area contributed by atoms with E-state index < -0.39 is 29.4 Å². The smallest absolute Gasteiger partial charge is 0.315 e. The predicted molar refractivity (Wildman–Crippen MR) is 85.6 cm³/mol. The van der Waals surface area contributed by atoms with Gasteiger partial charge in [-0.25, -0.2) is 4.79 Å². The summed E-state index contributed by atoms with van der Waals surface area (Å²) in [5.74, 6) is -1.44. The van der Waals surface area contributed by atoms with Gasteiger partial charge in [0.2, 0.25) is 5.91 Å². The Balaban J connectivity index is 2.58. The Bertz CT molecular complexity index is 558. The maximum absolute atomic E-state index is 11.9. The molecule has 0 aromatic heterocycles. The van der Waals surface area contributed by atoms with Crippen LogP contribution < -0.4 is 16.4 Å². The largest absolute Gasteiger partial charge is 0.481 e. The normalized spacial score (nSPS) is 12.3. The minimum Gasteiger partial charge on any atom is -0.481 e. The van der Waals surface area contributed by atoms with E-state index in [4.69, 9.17) is 10.8 Å². The number of primary amides is 1. The second-order valence-electron chi connectivity index (χ2n) is 5.97. The number of carbonyl (C=O) groups excluding carboxylic acids is 2. The van der Waals surface area contributed by atoms with Crippen molar-refractivity contribution in [3.8, 4) is 0 Å². The van der Waals surface area contributed by atoms with Crippen LogP contribution in [0.1, 0.15) is 38.3 Å². The number of nitrogens with one attached hydrogen (secondary N) is 2. The molecule has 0 saturated carbocycles. The van der Waals surface area contributed by atoms with Gasteiger partial charge in [0, 0.05) is 6.54 Å². The van der Waals surface area contributed by atoms with Gasteiger partial charge in [0.25, 0.3) is 0 Å². The Labute approximate surface area is 135 Å². The van der Waals surface area contributed by atoms with Gasteiger partial charge in [-0.15, -0.1) is 0 Å². The lowest BCUT2D eigenvalue weighted by Crippen LogP contribution is -2.41. The summed E-state index contributed by atoms with van der Waals surface area (Å²) in [5, 5.41) is 14.3. The highest BCUT2D eigenvalue weighted by molar-refractivity contribution is 5.78. The third kappa shape index (κ3) is 6.37. The number of carbonyl (C=O) groups is 3. The van der Waals surface area contributed by atoms with Crippen LogP contribution in [0.25, 0.3) is 0 Å². The highest BCUT2D eigenvalue weighted by Gasteiger charge is 2.26. The molecule has 0 aliphatic heterocycles. The molecule has 0 bridgehead atoms. The number of hydrogen-bond acceptors (Lipinski definition) is 3. The first-order valence-electron chi connectivity index (χ1n) is 7.33. The molecule has 0 fully saturated rings. The Kier molecular flexibility index (Phi) is 6.56. The van der Waals surface area contributed by atoms with Crippen LogP contribution in [0.5, 0.6) is 0 Å². The van der Waals surface area contributed by atoms with E-state index in [0.29, 0.717) is 6.42 Å². The monoisotopic (exact) mass is 321 g/mol. The first-order chi connectivity index (χ1) is 10.7. The van der Waals surface area contributed by atoms with Crippen LogP contribution in [0.2, 0.25) is 0 Å². The van der Waals surface area contributed by atoms with Crippen molar-refractivity contribution >= 4 is 17.9 Å². The molecule has 0 heterocycles. The third-order valence-corrected chi connectivity index (χ3v) is 3.53. The molecule has 126 valence electrons. The molecule has 1 aromatic carbocycles. The van der Waals surface area contributed by atoms with E-state index in [9.17, 15) is 14.4 Å². The molecule has 3 amide bonds. The van der Waals surface area contributed by atoms with Crippen LogP contribution in [0.15, 0.2) is 30.3 Å². The second kappa shape index (κ2) is 8.17. The summed E-state index contributed by atoms with van der Waals surface area (Å²) < 4.78 is 0. The highest BCUT2D eigenvalue weighted by Crippen LogP contribution is 2.19. The van der Waals surface area contributed by atoms with E-state index >= 15 is 0 Å². The molecule has 1 aromatic rings. The number of aliphatic carboxylic acids is 1. The van der Waals surface area contributed by atoms with E-state index in [-0.39, 0.29) is 13.0 Å². The Morgan fingerprint density at radius 2 is 1.83 bits per heavy atom. The van der Waals surface area contributed by atoms with E-state index in [1.54, 1.807) is 38.1 Å². The fourth-order valence-corrected chi connectivity index (χ4v) is 1.94. The topological polar surface area (TPSA) is 122 Å². The standard InChI is InChI=1S/C16H23N3O4/c1-16(2,14(21)22)8-9-18-15(23)19-12(10-13(17)20)11-6-4-3-5-7-11/h3-7,12H,8-10H2,1-2H3,(H2,17,20)(H,21,22)(H2,18,19,23)/t12-/m1/s1. The van der Waals surface area contributed by atoms with Gasteiger partial charge in [0.1, 0.15) is 0 Å². The van der Waals surface area contributed by atoms with Gasteiger partial charge < -0.3 is 21.5 Å². The van der Waals surface area contributed by atoms with Crippen LogP contribution in [0, 0.1) is 5.41 Å². The van der Waals surface area contributed by atoms with Gasteiger partial charge in [-0.3, -0.25) is 9.59 Å². The van der Waals surface area contributed by atoms with E-state index in [2.05, 4.69) is 10.6 Å². The van der Waals surface area contributed by atoms with Gasteiger partial charge in [0.05, 0.1) is 17.9 Å². The van der Waals surface area contributed by atoms with Gasteiger partial charge in [-0.2, -0.15) is 0 Å². The molecule has 0 spiro atoms. The number of carboxylic acid groups (broad SMARTS) is 1. The van der Waals surface area contributed by atoms with Crippen molar-refractivity contribution in [2.75, 3.05) is 6.54 Å². The second-order valence-corrected chi connectivity index (χ2v) is 5.97. The van der Waals surface area contributed by atoms with E-state index in [0.717, 1.165) is 5.56 Å². The zero-order valence-corrected chi connectivity index (χ0v) is 13.3. The molecule has 23 heavy (non-hydrogen) atoms. The van der Waals surface area contributed by atoms with Crippen molar-refractivity contribution in [2.45, 2.75) is 32.7 Å². The van der Waals surface area contributed by atoms with Crippen molar-refractivity contribution in [2.24, 2.45) is 11.1 Å². The summed E-state index contributed by atoms with van der Waals surface area (Å²) in [7, 11) is 0. The molecular formula is C16H23N3O4. The molecule has 1 atom stereocenters. The van der Waals surface area contributed by atoms with Gasteiger partial charge in [0.15, 0.2) is 0 Å². The zero-order chi connectivity index (χ0) is 17.5. The summed E-state index contributed by atoms with van der Waals surface area (Å²) in [6, 6.07) is 8.03. The van der Waals surface area contributed by atoms with Crippen molar-refractivity contribution in [1.29, 1.82) is 0 Å². The highest BCUT2D eigenvalue weighted by atomic mass is 16.4. The minimum absolute atomic E-state index is 0.0158. The van der Waals surface area contributed by atoms with Crippen LogP contribution >= 0.6 is 0 Å². The summed E-state index contributed by atoms with van der Waals surface area (Å²) in [5.41, 5.74) is 5.07. The molecule has 0 unspecified atom stereocenters. The molecule has 1 rings (SSSR count). The Hall–Kier alpha value is -2.57. The molecular weight excluding hydrogens is 298 g/mol. The molecule has 0 radical (unpaired) electrons. The number of hydrogen-bond donors (Lipinski definition) is 4. The number of nitrogens with two attached hydrogens (primary N) is 1. The molecule has 7 nitrogen and oxygen atoms in total. The minimum atomic E-state index is -0.921. The van der Waals surface area contributed by atoms with Crippen molar-refractivity contribution in [3.05, 3.63) is 35.9 Å². The third-order valence-electron chi connectivity index (χ3n) is 3.53. The molecule has 7 heteroatoms. The van der Waals surface area contributed by atoms with Crippen LogP contribution in [-0.2, 0) is 9.59 Å². The van der Waals surface area contributed by atoms with Crippen molar-refractivity contribution < 1.29 is 19.5 Å². The van der Waals surface area contributed by atoms with Crippen LogP contribution in [-0.4, -0.2) is 29.6 Å². The average molecular weight is 321 g/mol. The first-order valence-corrected chi connectivity index (χ1v) is 7.33. The lowest BCUT2D eigenvalue weighted by atomic mass is 9.90. The SMILES string of the molecule is CC(C)(CCNC(=O)N[C@H](CC(N)=O)c1ccccc1)C(=O)O. The maximum atomic E-state index is 11.9. The molecule has 0 aliphatic carbocycles. The fraction of sp³-hybridized carbons (Fsp3) is 0.438. The van der Waals surface area contributed by atoms with E-state index in [1.165, 1.54) is 0 Å². The zero-order valence-electron chi connectivity index (χ0n) is 13.3. The molecule has 0 aliphatic rings. The quantitative estimate of drug-likeness (QED) is 0.578. The van der Waals surface area contributed by atoms with Crippen LogP contribution in [0.3, 0.4) is 0 Å². The van der Waals surface area contributed by atoms with E-state index in [1.807, 2.05) is 6.07 Å². The Morgan fingerprint density at radius 1 is 1.22 bits per heavy atom. The first kappa shape index (κ1) is 18.5. The number of amides is 3. The number of urea groups is 1. The molecule has 0 saturated heterocycles. The average Bonchev–Trinajstić information content (AvgIpc) is 2.46. The van der Waals surface area contributed by atoms with Crippen molar-refractivity contribution in [1.82, 2.24) is 10.6 Å². The maximum Gasteiger partial charge on any atom is 0.315 e. The van der Waals surface area contributed by atoms with Gasteiger partial charge >= 0.3 is 12.0 Å². The van der Waals surface area contributed by atoms with Crippen LogP contribution in [0.4, 0.5) is 4.79 Å². The summed E-state index contributed by atoms with van der Waals surface area (Å²) in [4.78, 5) is 34.1. The molecule has 5 N–H and O–H groups in total. The van der Waals surface area contributed by atoms with Gasteiger partial charge in [-0.1, -0.05) is 30.3 Å². The van der Waals surface area contributed by atoms with Crippen molar-refractivity contribution in [3.63, 3.8) is 0 Å². The lowest BCUT2D eigenvalue weighted by Gasteiger charge is -2.21. The number of rotatable bonds is 8. The lowest BCUT2D eigenvalue weighted by molar-refractivity contribution is -0.147. The number of carboxylic acids is 1. The fourth-order valence-electron chi connectivity index (χ4n) is 1.94. The Morgan fingerprint density at radius 3 is 2.35 bits per heavy atom. The summed E-state index contributed by atoms with van der Waals surface area (Å²) in [6.07, 6.45) is 0.277. The summed E-state index contributed by atoms with van der Waals surface area (Å²) in [6.45, 7) is 3.40. The van der Waals surface area contributed by atoms with Gasteiger partial charge in [-0.05, 0) is 25.8 Å². The summed E-state index contributed by atoms with van der Waals surface area (Å²) >= 11 is 0.